The van der Waals surface area contributed by atoms with E-state index < -0.39 is 0 Å². The van der Waals surface area contributed by atoms with Crippen molar-refractivity contribution >= 4 is 17.1 Å². The van der Waals surface area contributed by atoms with Crippen LogP contribution in [0, 0.1) is 12.2 Å². The van der Waals surface area contributed by atoms with E-state index in [2.05, 4.69) is 48.4 Å². The lowest BCUT2D eigenvalue weighted by Crippen LogP contribution is -1.94. The van der Waals surface area contributed by atoms with E-state index in [0.717, 1.165) is 22.3 Å². The molecule has 0 aliphatic heterocycles. The average Bonchev–Trinajstić information content (AvgIpc) is 2.94. The van der Waals surface area contributed by atoms with Crippen LogP contribution in [-0.2, 0) is 0 Å². The van der Waals surface area contributed by atoms with Crippen molar-refractivity contribution in [3.05, 3.63) is 65.8 Å². The zero-order valence-corrected chi connectivity index (χ0v) is 13.6. The van der Waals surface area contributed by atoms with Crippen LogP contribution in [0.2, 0.25) is 0 Å². The highest BCUT2D eigenvalue weighted by molar-refractivity contribution is 6.07. The Morgan fingerprint density at radius 3 is 2.57 bits per heavy atom. The molecule has 23 heavy (non-hydrogen) atoms. The second kappa shape index (κ2) is 6.37. The number of benzene rings is 2. The summed E-state index contributed by atoms with van der Waals surface area (Å²) in [5, 5.41) is 1.18. The number of aromatic nitrogens is 1. The lowest BCUT2D eigenvalue weighted by molar-refractivity contribution is 0.628. The van der Waals surface area contributed by atoms with Gasteiger partial charge >= 0.3 is 0 Å². The summed E-state index contributed by atoms with van der Waals surface area (Å²) in [4.78, 5) is 7.71. The fourth-order valence-corrected chi connectivity index (χ4v) is 2.96. The summed E-state index contributed by atoms with van der Waals surface area (Å²) in [6.45, 7) is 4.26. The van der Waals surface area contributed by atoms with E-state index in [1.165, 1.54) is 23.1 Å². The van der Waals surface area contributed by atoms with E-state index in [1.54, 1.807) is 19.2 Å². The van der Waals surface area contributed by atoms with Crippen molar-refractivity contribution in [2.24, 2.45) is 4.99 Å². The molecule has 1 aromatic heterocycles. The smallest absolute Gasteiger partial charge is 0.123 e. The van der Waals surface area contributed by atoms with Crippen molar-refractivity contribution in [1.29, 1.82) is 0 Å². The van der Waals surface area contributed by atoms with Gasteiger partial charge in [0.25, 0.3) is 0 Å². The summed E-state index contributed by atoms with van der Waals surface area (Å²) in [5.41, 5.74) is 5.33. The normalized spacial score (nSPS) is 13.0. The number of halogens is 1. The number of hydrogen-bond donors (Lipinski definition) is 1. The summed E-state index contributed by atoms with van der Waals surface area (Å²) < 4.78 is 13.2. The van der Waals surface area contributed by atoms with Crippen molar-refractivity contribution in [2.45, 2.75) is 19.8 Å². The van der Waals surface area contributed by atoms with Crippen molar-refractivity contribution in [2.75, 3.05) is 7.05 Å². The predicted molar refractivity (Wildman–Crippen MR) is 99.8 cm³/mol. The first-order valence-corrected chi connectivity index (χ1v) is 7.78. The molecule has 121 valence electrons. The van der Waals surface area contributed by atoms with Crippen molar-refractivity contribution in [3.63, 3.8) is 0 Å². The summed E-state index contributed by atoms with van der Waals surface area (Å²) in [6.07, 6.45) is 4.07. The standard InChI is InChI=1S/C20H20FN2.2H2/c1-4-13(2)16-6-5-7-18-19(16)17(12-22-3)20(23-18)14-8-10-15(21)11-9-14;;/h4-13,23H,1-3H3;2*1H. The Balaban J connectivity index is 0.00000156. The molecule has 1 unspecified atom stereocenters. The van der Waals surface area contributed by atoms with Crippen LogP contribution in [0.4, 0.5) is 4.39 Å². The van der Waals surface area contributed by atoms with Crippen LogP contribution in [-0.4, -0.2) is 18.2 Å². The molecule has 2 aromatic carbocycles. The SMILES string of the molecule is C[CH]C(C)c1cccc2[nH]c(-c3ccc(F)cc3)c(C=NC)c12.[HH].[HH]. The van der Waals surface area contributed by atoms with Gasteiger partial charge in [0.15, 0.2) is 0 Å². The zero-order chi connectivity index (χ0) is 16.4. The molecule has 0 saturated carbocycles. The van der Waals surface area contributed by atoms with Gasteiger partial charge in [-0.15, -0.1) is 0 Å². The van der Waals surface area contributed by atoms with E-state index >= 15 is 0 Å². The van der Waals surface area contributed by atoms with E-state index in [9.17, 15) is 4.39 Å². The maximum Gasteiger partial charge on any atom is 0.123 e. The molecule has 1 heterocycles. The van der Waals surface area contributed by atoms with Crippen LogP contribution < -0.4 is 0 Å². The molecule has 0 aliphatic rings. The van der Waals surface area contributed by atoms with Gasteiger partial charge in [-0.25, -0.2) is 4.39 Å². The second-order valence-corrected chi connectivity index (χ2v) is 5.70. The van der Waals surface area contributed by atoms with E-state index in [1.807, 2.05) is 6.21 Å². The minimum atomic E-state index is -0.231. The molecule has 0 spiro atoms. The van der Waals surface area contributed by atoms with E-state index in [-0.39, 0.29) is 8.67 Å². The van der Waals surface area contributed by atoms with Crippen LogP contribution in [0.15, 0.2) is 47.5 Å². The second-order valence-electron chi connectivity index (χ2n) is 5.70. The molecule has 1 N–H and O–H groups in total. The summed E-state index contributed by atoms with van der Waals surface area (Å²) in [7, 11) is 1.77. The van der Waals surface area contributed by atoms with Gasteiger partial charge in [0, 0.05) is 32.6 Å². The topological polar surface area (TPSA) is 28.1 Å². The summed E-state index contributed by atoms with van der Waals surface area (Å²) in [5.74, 6) is 0.116. The summed E-state index contributed by atoms with van der Waals surface area (Å²) >= 11 is 0. The molecule has 3 heteroatoms. The molecule has 0 bridgehead atoms. The van der Waals surface area contributed by atoms with Crippen molar-refractivity contribution < 1.29 is 7.24 Å². The molecule has 3 aromatic rings. The first kappa shape index (κ1) is 15.5. The molecular weight excluding hydrogens is 287 g/mol. The zero-order valence-electron chi connectivity index (χ0n) is 13.6. The number of fused-ring (bicyclic) bond motifs is 1. The molecule has 0 aliphatic carbocycles. The Morgan fingerprint density at radius 1 is 1.17 bits per heavy atom. The fourth-order valence-electron chi connectivity index (χ4n) is 2.96. The molecule has 1 radical (unpaired) electrons. The van der Waals surface area contributed by atoms with Gasteiger partial charge in [-0.1, -0.05) is 26.0 Å². The van der Waals surface area contributed by atoms with Crippen LogP contribution >= 0.6 is 0 Å². The molecule has 3 rings (SSSR count). The van der Waals surface area contributed by atoms with Gasteiger partial charge < -0.3 is 4.98 Å². The number of nitrogens with one attached hydrogen (secondary N) is 1. The predicted octanol–water partition coefficient (Wildman–Crippen LogP) is 5.84. The quantitative estimate of drug-likeness (QED) is 0.586. The summed E-state index contributed by atoms with van der Waals surface area (Å²) in [6, 6.07) is 12.8. The Bertz CT molecular complexity index is 854. The minimum absolute atomic E-state index is 0. The number of nitrogens with zero attached hydrogens (tertiary/aromatic N) is 1. The largest absolute Gasteiger partial charge is 0.354 e. The third-order valence-corrected chi connectivity index (χ3v) is 4.28. The van der Waals surface area contributed by atoms with Crippen LogP contribution in [0.25, 0.3) is 22.2 Å². The molecule has 2 nitrogen and oxygen atoms in total. The van der Waals surface area contributed by atoms with Crippen LogP contribution in [0.3, 0.4) is 0 Å². The van der Waals surface area contributed by atoms with Crippen LogP contribution in [0.5, 0.6) is 0 Å². The first-order valence-electron chi connectivity index (χ1n) is 7.78. The maximum absolute atomic E-state index is 13.2. The van der Waals surface area contributed by atoms with E-state index in [4.69, 9.17) is 0 Å². The third-order valence-electron chi connectivity index (χ3n) is 4.28. The highest BCUT2D eigenvalue weighted by atomic mass is 19.1. The Labute approximate surface area is 139 Å². The molecule has 0 amide bonds. The van der Waals surface area contributed by atoms with Crippen LogP contribution in [0.1, 0.15) is 33.7 Å². The van der Waals surface area contributed by atoms with Crippen molar-refractivity contribution in [3.8, 4) is 11.3 Å². The Morgan fingerprint density at radius 2 is 1.91 bits per heavy atom. The first-order chi connectivity index (χ1) is 11.2. The number of aromatic amines is 1. The van der Waals surface area contributed by atoms with Gasteiger partial charge in [-0.3, -0.25) is 4.99 Å². The average molecular weight is 311 g/mol. The molecule has 0 fully saturated rings. The Kier molecular flexibility index (Phi) is 4.28. The number of rotatable bonds is 4. The number of H-pyrrole nitrogens is 1. The maximum atomic E-state index is 13.2. The van der Waals surface area contributed by atoms with E-state index in [0.29, 0.717) is 5.92 Å². The van der Waals surface area contributed by atoms with Crippen molar-refractivity contribution in [1.82, 2.24) is 4.98 Å². The highest BCUT2D eigenvalue weighted by Gasteiger charge is 2.17. The number of hydrogen-bond acceptors (Lipinski definition) is 1. The lowest BCUT2D eigenvalue weighted by atomic mass is 9.93. The number of aliphatic imine (C=N–C) groups is 1. The van der Waals surface area contributed by atoms with Gasteiger partial charge in [0.2, 0.25) is 0 Å². The monoisotopic (exact) mass is 311 g/mol. The fraction of sp³-hybridized carbons (Fsp3) is 0.200. The molecule has 0 saturated heterocycles. The van der Waals surface area contributed by atoms with Gasteiger partial charge in [-0.05, 0) is 53.8 Å². The minimum Gasteiger partial charge on any atom is -0.354 e. The Hall–Kier alpha value is -2.42. The molecular formula is C20H24FN2. The van der Waals surface area contributed by atoms with Gasteiger partial charge in [0.1, 0.15) is 5.82 Å². The van der Waals surface area contributed by atoms with Gasteiger partial charge in [0.05, 0.1) is 5.69 Å². The molecule has 1 atom stereocenters. The third kappa shape index (κ3) is 2.79. The lowest BCUT2D eigenvalue weighted by Gasteiger charge is -2.11. The highest BCUT2D eigenvalue weighted by Crippen LogP contribution is 2.35. The van der Waals surface area contributed by atoms with Gasteiger partial charge in [-0.2, -0.15) is 0 Å².